The van der Waals surface area contributed by atoms with Crippen molar-refractivity contribution in [2.75, 3.05) is 26.0 Å². The van der Waals surface area contributed by atoms with Gasteiger partial charge in [0.05, 0.1) is 17.0 Å². The Bertz CT molecular complexity index is 623. The second-order valence-corrected chi connectivity index (χ2v) is 7.06. The number of anilines is 1. The summed E-state index contributed by atoms with van der Waals surface area (Å²) in [5.74, 6) is -0.862. The highest BCUT2D eigenvalue weighted by molar-refractivity contribution is 7.18. The van der Waals surface area contributed by atoms with Crippen LogP contribution in [-0.4, -0.2) is 43.4 Å². The SMILES string of the molecule is CCCCCCC(=O)Nc1sc(C(=O)N(C)C)c(C)c1C(=O)OCC. The monoisotopic (exact) mass is 368 g/mol. The highest BCUT2D eigenvalue weighted by Gasteiger charge is 2.27. The van der Waals surface area contributed by atoms with Crippen LogP contribution < -0.4 is 5.32 Å². The summed E-state index contributed by atoms with van der Waals surface area (Å²) >= 11 is 1.12. The van der Waals surface area contributed by atoms with Crippen molar-refractivity contribution in [1.29, 1.82) is 0 Å². The second-order valence-electron chi connectivity index (χ2n) is 6.04. The van der Waals surface area contributed by atoms with Crippen molar-refractivity contribution < 1.29 is 19.1 Å². The number of rotatable bonds is 9. The third-order valence-corrected chi connectivity index (χ3v) is 4.93. The van der Waals surface area contributed by atoms with Crippen molar-refractivity contribution >= 4 is 34.1 Å². The van der Waals surface area contributed by atoms with Crippen LogP contribution >= 0.6 is 11.3 Å². The molecule has 0 saturated heterocycles. The molecule has 0 radical (unpaired) electrons. The van der Waals surface area contributed by atoms with Crippen LogP contribution in [0.4, 0.5) is 5.00 Å². The van der Waals surface area contributed by atoms with E-state index >= 15 is 0 Å². The van der Waals surface area contributed by atoms with E-state index in [2.05, 4.69) is 12.2 Å². The molecule has 6 nitrogen and oxygen atoms in total. The fraction of sp³-hybridized carbons (Fsp3) is 0.611. The lowest BCUT2D eigenvalue weighted by atomic mass is 10.1. The van der Waals surface area contributed by atoms with Gasteiger partial charge < -0.3 is 15.0 Å². The Morgan fingerprint density at radius 3 is 2.36 bits per heavy atom. The van der Waals surface area contributed by atoms with Gasteiger partial charge in [-0.05, 0) is 25.8 Å². The normalized spacial score (nSPS) is 10.4. The number of carbonyl (C=O) groups is 3. The molecule has 140 valence electrons. The molecular formula is C18H28N2O4S. The molecule has 1 aromatic rings. The molecule has 0 aliphatic carbocycles. The lowest BCUT2D eigenvalue weighted by Crippen LogP contribution is -2.21. The molecule has 0 aliphatic heterocycles. The molecule has 0 spiro atoms. The van der Waals surface area contributed by atoms with E-state index in [4.69, 9.17) is 4.74 Å². The van der Waals surface area contributed by atoms with Crippen LogP contribution in [0, 0.1) is 6.92 Å². The van der Waals surface area contributed by atoms with E-state index in [0.717, 1.165) is 37.0 Å². The molecule has 1 heterocycles. The predicted octanol–water partition coefficient (Wildman–Crippen LogP) is 3.84. The molecule has 0 saturated carbocycles. The number of hydrogen-bond acceptors (Lipinski definition) is 5. The van der Waals surface area contributed by atoms with Crippen LogP contribution in [0.3, 0.4) is 0 Å². The Hall–Kier alpha value is -1.89. The Kier molecular flexibility index (Phi) is 8.61. The molecule has 0 atom stereocenters. The van der Waals surface area contributed by atoms with Gasteiger partial charge in [-0.3, -0.25) is 9.59 Å². The van der Waals surface area contributed by atoms with Gasteiger partial charge in [0, 0.05) is 20.5 Å². The first kappa shape index (κ1) is 21.2. The highest BCUT2D eigenvalue weighted by Crippen LogP contribution is 2.34. The molecule has 0 aliphatic rings. The summed E-state index contributed by atoms with van der Waals surface area (Å²) in [6.45, 7) is 5.77. The fourth-order valence-corrected chi connectivity index (χ4v) is 3.59. The van der Waals surface area contributed by atoms with Gasteiger partial charge in [0.15, 0.2) is 0 Å². The van der Waals surface area contributed by atoms with Gasteiger partial charge in [-0.15, -0.1) is 11.3 Å². The zero-order chi connectivity index (χ0) is 19.0. The van der Waals surface area contributed by atoms with Crippen LogP contribution in [0.5, 0.6) is 0 Å². The fourth-order valence-electron chi connectivity index (χ4n) is 2.36. The minimum absolute atomic E-state index is 0.147. The summed E-state index contributed by atoms with van der Waals surface area (Å²) in [6, 6.07) is 0. The summed E-state index contributed by atoms with van der Waals surface area (Å²) in [6.07, 6.45) is 4.41. The molecule has 7 heteroatoms. The molecule has 1 N–H and O–H groups in total. The Morgan fingerprint density at radius 2 is 1.80 bits per heavy atom. The number of ether oxygens (including phenoxy) is 1. The molecule has 0 aromatic carbocycles. The quantitative estimate of drug-likeness (QED) is 0.531. The predicted molar refractivity (Wildman–Crippen MR) is 100 cm³/mol. The Labute approximate surface area is 153 Å². The third-order valence-electron chi connectivity index (χ3n) is 3.74. The van der Waals surface area contributed by atoms with E-state index in [-0.39, 0.29) is 24.0 Å². The number of amides is 2. The number of carbonyl (C=O) groups excluding carboxylic acids is 3. The van der Waals surface area contributed by atoms with Crippen molar-refractivity contribution in [3.63, 3.8) is 0 Å². The maximum absolute atomic E-state index is 12.3. The van der Waals surface area contributed by atoms with Gasteiger partial charge in [-0.1, -0.05) is 26.2 Å². The molecular weight excluding hydrogens is 340 g/mol. The van der Waals surface area contributed by atoms with Gasteiger partial charge >= 0.3 is 5.97 Å². The maximum atomic E-state index is 12.3. The van der Waals surface area contributed by atoms with Crippen molar-refractivity contribution in [3.05, 3.63) is 16.0 Å². The summed E-state index contributed by atoms with van der Waals surface area (Å²) in [5, 5.41) is 3.18. The maximum Gasteiger partial charge on any atom is 0.341 e. The number of nitrogens with one attached hydrogen (secondary N) is 1. The summed E-state index contributed by atoms with van der Waals surface area (Å²) < 4.78 is 5.09. The average Bonchev–Trinajstić information content (AvgIpc) is 2.87. The molecule has 0 fully saturated rings. The van der Waals surface area contributed by atoms with E-state index < -0.39 is 5.97 Å². The first-order valence-electron chi connectivity index (χ1n) is 8.65. The molecule has 2 amide bonds. The Balaban J connectivity index is 3.03. The lowest BCUT2D eigenvalue weighted by Gasteiger charge is -2.09. The number of nitrogens with zero attached hydrogens (tertiary/aromatic N) is 1. The molecule has 0 unspecified atom stereocenters. The molecule has 25 heavy (non-hydrogen) atoms. The van der Waals surface area contributed by atoms with E-state index in [1.54, 1.807) is 27.9 Å². The van der Waals surface area contributed by atoms with E-state index in [1.807, 2.05) is 0 Å². The van der Waals surface area contributed by atoms with E-state index in [9.17, 15) is 14.4 Å². The standard InChI is InChI=1S/C18H28N2O4S/c1-6-8-9-10-11-13(21)19-16-14(18(23)24-7-2)12(3)15(25-16)17(22)20(4)5/h6-11H2,1-5H3,(H,19,21). The first-order chi connectivity index (χ1) is 11.8. The van der Waals surface area contributed by atoms with Gasteiger partial charge in [-0.2, -0.15) is 0 Å². The lowest BCUT2D eigenvalue weighted by molar-refractivity contribution is -0.116. The Morgan fingerprint density at radius 1 is 1.12 bits per heavy atom. The average molecular weight is 368 g/mol. The topological polar surface area (TPSA) is 75.7 Å². The smallest absolute Gasteiger partial charge is 0.341 e. The van der Waals surface area contributed by atoms with E-state index in [1.165, 1.54) is 4.90 Å². The molecule has 1 rings (SSSR count). The number of thiophene rings is 1. The van der Waals surface area contributed by atoms with Crippen LogP contribution in [0.15, 0.2) is 0 Å². The van der Waals surface area contributed by atoms with Crippen LogP contribution in [0.1, 0.15) is 71.5 Å². The molecule has 0 bridgehead atoms. The van der Waals surface area contributed by atoms with Crippen LogP contribution in [-0.2, 0) is 9.53 Å². The van der Waals surface area contributed by atoms with Crippen molar-refractivity contribution in [2.24, 2.45) is 0 Å². The van der Waals surface area contributed by atoms with Gasteiger partial charge in [0.25, 0.3) is 5.91 Å². The van der Waals surface area contributed by atoms with E-state index in [0.29, 0.717) is 21.9 Å². The highest BCUT2D eigenvalue weighted by atomic mass is 32.1. The summed E-state index contributed by atoms with van der Waals surface area (Å²) in [4.78, 5) is 38.7. The van der Waals surface area contributed by atoms with Crippen molar-refractivity contribution in [2.45, 2.75) is 52.9 Å². The van der Waals surface area contributed by atoms with Gasteiger partial charge in [0.2, 0.25) is 5.91 Å². The number of unbranched alkanes of at least 4 members (excludes halogenated alkanes) is 3. The van der Waals surface area contributed by atoms with Gasteiger partial charge in [-0.25, -0.2) is 4.79 Å². The number of esters is 1. The third kappa shape index (κ3) is 5.85. The van der Waals surface area contributed by atoms with Gasteiger partial charge in [0.1, 0.15) is 5.00 Å². The summed E-state index contributed by atoms with van der Waals surface area (Å²) in [7, 11) is 3.30. The minimum atomic E-state index is -0.518. The summed E-state index contributed by atoms with van der Waals surface area (Å²) in [5.41, 5.74) is 0.822. The zero-order valence-electron chi connectivity index (χ0n) is 15.7. The first-order valence-corrected chi connectivity index (χ1v) is 9.47. The number of hydrogen-bond donors (Lipinski definition) is 1. The zero-order valence-corrected chi connectivity index (χ0v) is 16.5. The molecule has 1 aromatic heterocycles. The van der Waals surface area contributed by atoms with Crippen molar-refractivity contribution in [1.82, 2.24) is 4.90 Å². The van der Waals surface area contributed by atoms with Crippen LogP contribution in [0.25, 0.3) is 0 Å². The largest absolute Gasteiger partial charge is 0.462 e. The van der Waals surface area contributed by atoms with Crippen molar-refractivity contribution in [3.8, 4) is 0 Å². The van der Waals surface area contributed by atoms with Crippen LogP contribution in [0.2, 0.25) is 0 Å². The second kappa shape index (κ2) is 10.2. The minimum Gasteiger partial charge on any atom is -0.462 e.